The van der Waals surface area contributed by atoms with E-state index in [1.807, 2.05) is 26.1 Å². The number of hydrogen-bond donors (Lipinski definition) is 2. The minimum absolute atomic E-state index is 0.655. The Hall–Kier alpha value is -3.16. The van der Waals surface area contributed by atoms with Gasteiger partial charge in [0.1, 0.15) is 11.6 Å². The fourth-order valence-electron chi connectivity index (χ4n) is 3.64. The number of hydrogen-bond acceptors (Lipinski definition) is 7. The van der Waals surface area contributed by atoms with E-state index < -0.39 is 0 Å². The van der Waals surface area contributed by atoms with Gasteiger partial charge in [-0.1, -0.05) is 24.3 Å². The maximum atomic E-state index is 5.46. The molecule has 0 aliphatic rings. The number of thiophene rings is 1. The van der Waals surface area contributed by atoms with Crippen LogP contribution in [0.4, 0.5) is 5.82 Å². The van der Waals surface area contributed by atoms with Crippen molar-refractivity contribution >= 4 is 28.1 Å². The molecule has 0 fully saturated rings. The van der Waals surface area contributed by atoms with E-state index in [2.05, 4.69) is 56.3 Å². The van der Waals surface area contributed by atoms with Gasteiger partial charge in [-0.25, -0.2) is 9.97 Å². The van der Waals surface area contributed by atoms with E-state index in [4.69, 9.17) is 9.47 Å². The number of nitrogens with one attached hydrogen (secondary N) is 2. The Morgan fingerprint density at radius 1 is 0.968 bits per heavy atom. The Morgan fingerprint density at radius 2 is 1.74 bits per heavy atom. The molecule has 0 aliphatic heterocycles. The molecule has 4 rings (SSSR count). The van der Waals surface area contributed by atoms with E-state index in [0.717, 1.165) is 23.3 Å². The van der Waals surface area contributed by atoms with Crippen LogP contribution in [-0.4, -0.2) is 31.2 Å². The van der Waals surface area contributed by atoms with Crippen LogP contribution in [0.15, 0.2) is 47.8 Å². The summed E-state index contributed by atoms with van der Waals surface area (Å²) in [5.41, 5.74) is 4.61. The number of aromatic nitrogens is 2. The molecular weight excluding hydrogens is 408 g/mol. The van der Waals surface area contributed by atoms with E-state index in [1.54, 1.807) is 25.6 Å². The summed E-state index contributed by atoms with van der Waals surface area (Å²) in [7, 11) is 5.23. The van der Waals surface area contributed by atoms with Crippen molar-refractivity contribution in [1.82, 2.24) is 15.3 Å². The normalized spacial score (nSPS) is 11.0. The Bertz CT molecular complexity index is 1210. The van der Waals surface area contributed by atoms with Gasteiger partial charge in [0.05, 0.1) is 26.3 Å². The Balaban J connectivity index is 1.60. The second-order valence-corrected chi connectivity index (χ2v) is 8.18. The van der Waals surface area contributed by atoms with Crippen molar-refractivity contribution in [1.29, 1.82) is 0 Å². The highest BCUT2D eigenvalue weighted by atomic mass is 32.1. The minimum Gasteiger partial charge on any atom is -0.493 e. The number of aryl methyl sites for hydroxylation is 1. The van der Waals surface area contributed by atoms with Crippen LogP contribution in [0.25, 0.3) is 22.0 Å². The first-order valence-electron chi connectivity index (χ1n) is 10.1. The van der Waals surface area contributed by atoms with Gasteiger partial charge in [0.25, 0.3) is 0 Å². The zero-order valence-corrected chi connectivity index (χ0v) is 19.0. The zero-order chi connectivity index (χ0) is 21.8. The lowest BCUT2D eigenvalue weighted by Crippen LogP contribution is -2.06. The fraction of sp³-hybridized carbons (Fsp3) is 0.250. The zero-order valence-electron chi connectivity index (χ0n) is 18.2. The molecule has 0 radical (unpaired) electrons. The smallest absolute Gasteiger partial charge is 0.162 e. The molecule has 0 saturated carbocycles. The van der Waals surface area contributed by atoms with E-state index in [9.17, 15) is 0 Å². The maximum Gasteiger partial charge on any atom is 0.162 e. The van der Waals surface area contributed by atoms with Gasteiger partial charge in [-0.2, -0.15) is 0 Å². The molecule has 0 unspecified atom stereocenters. The minimum atomic E-state index is 0.655. The highest BCUT2D eigenvalue weighted by molar-refractivity contribution is 7.10. The van der Waals surface area contributed by atoms with Crippen molar-refractivity contribution in [2.24, 2.45) is 0 Å². The van der Waals surface area contributed by atoms with Crippen LogP contribution < -0.4 is 20.1 Å². The molecule has 2 aromatic carbocycles. The summed E-state index contributed by atoms with van der Waals surface area (Å²) in [4.78, 5) is 10.4. The van der Waals surface area contributed by atoms with Gasteiger partial charge >= 0.3 is 0 Å². The molecule has 6 nitrogen and oxygen atoms in total. The molecule has 4 aromatic rings. The van der Waals surface area contributed by atoms with Gasteiger partial charge in [0.2, 0.25) is 0 Å². The standard InChI is InChI=1S/C24H26N4O2S/c1-15-27-21-11-23(30-4)22(29-3)10-20(21)24(28-15)26-13-18-9-17(14-31-18)19-8-6-5-7-16(19)12-25-2/h5-11,14,25H,12-13H2,1-4H3,(H,26,27,28). The number of nitrogens with zero attached hydrogens (tertiary/aromatic N) is 2. The van der Waals surface area contributed by atoms with Gasteiger partial charge < -0.3 is 20.1 Å². The number of methoxy groups -OCH3 is 2. The predicted molar refractivity (Wildman–Crippen MR) is 127 cm³/mol. The average molecular weight is 435 g/mol. The molecule has 2 aromatic heterocycles. The summed E-state index contributed by atoms with van der Waals surface area (Å²) >= 11 is 1.74. The maximum absolute atomic E-state index is 5.46. The number of fused-ring (bicyclic) bond motifs is 1. The Labute approximate surface area is 186 Å². The molecule has 0 aliphatic carbocycles. The molecule has 0 bridgehead atoms. The molecule has 0 spiro atoms. The largest absolute Gasteiger partial charge is 0.493 e. The molecular formula is C24H26N4O2S. The summed E-state index contributed by atoms with van der Waals surface area (Å²) in [6, 6.07) is 14.6. The summed E-state index contributed by atoms with van der Waals surface area (Å²) < 4.78 is 10.9. The molecule has 7 heteroatoms. The van der Waals surface area contributed by atoms with Crippen molar-refractivity contribution in [2.75, 3.05) is 26.6 Å². The lowest BCUT2D eigenvalue weighted by atomic mass is 10.0. The summed E-state index contributed by atoms with van der Waals surface area (Å²) in [5.74, 6) is 2.80. The van der Waals surface area contributed by atoms with E-state index in [0.29, 0.717) is 23.9 Å². The quantitative estimate of drug-likeness (QED) is 0.406. The van der Waals surface area contributed by atoms with Crippen LogP contribution in [0.5, 0.6) is 11.5 Å². The van der Waals surface area contributed by atoms with Gasteiger partial charge in [-0.05, 0) is 48.2 Å². The summed E-state index contributed by atoms with van der Waals surface area (Å²) in [6.45, 7) is 3.42. The SMILES string of the molecule is CNCc1ccccc1-c1csc(CNc2nc(C)nc3cc(OC)c(OC)cc23)c1. The molecule has 160 valence electrons. The topological polar surface area (TPSA) is 68.3 Å². The molecule has 2 heterocycles. The first-order valence-corrected chi connectivity index (χ1v) is 11.0. The molecule has 0 atom stereocenters. The molecule has 0 amide bonds. The van der Waals surface area contributed by atoms with Gasteiger partial charge in [-0.3, -0.25) is 0 Å². The Kier molecular flexibility index (Phi) is 6.34. The number of ether oxygens (including phenoxy) is 2. The van der Waals surface area contributed by atoms with Crippen molar-refractivity contribution in [2.45, 2.75) is 20.0 Å². The number of rotatable bonds is 8. The van der Waals surface area contributed by atoms with E-state index in [1.165, 1.54) is 21.6 Å². The van der Waals surface area contributed by atoms with Crippen LogP contribution in [-0.2, 0) is 13.1 Å². The first kappa shape index (κ1) is 21.1. The third-order valence-corrected chi connectivity index (χ3v) is 6.03. The predicted octanol–water partition coefficient (Wildman–Crippen LogP) is 5.02. The highest BCUT2D eigenvalue weighted by Crippen LogP contribution is 2.34. The van der Waals surface area contributed by atoms with Crippen LogP contribution in [0.3, 0.4) is 0 Å². The molecule has 31 heavy (non-hydrogen) atoms. The van der Waals surface area contributed by atoms with E-state index in [-0.39, 0.29) is 0 Å². The summed E-state index contributed by atoms with van der Waals surface area (Å²) in [6.07, 6.45) is 0. The van der Waals surface area contributed by atoms with Gasteiger partial charge in [0, 0.05) is 22.9 Å². The number of benzene rings is 2. The van der Waals surface area contributed by atoms with Crippen LogP contribution in [0.1, 0.15) is 16.3 Å². The lowest BCUT2D eigenvalue weighted by molar-refractivity contribution is 0.356. The summed E-state index contributed by atoms with van der Waals surface area (Å²) in [5, 5.41) is 9.85. The third-order valence-electron chi connectivity index (χ3n) is 5.09. The lowest BCUT2D eigenvalue weighted by Gasteiger charge is -2.12. The molecule has 2 N–H and O–H groups in total. The van der Waals surface area contributed by atoms with Gasteiger partial charge in [0.15, 0.2) is 11.5 Å². The van der Waals surface area contributed by atoms with Crippen LogP contribution in [0, 0.1) is 6.92 Å². The van der Waals surface area contributed by atoms with Crippen molar-refractivity contribution < 1.29 is 9.47 Å². The average Bonchev–Trinajstić information content (AvgIpc) is 3.26. The van der Waals surface area contributed by atoms with Crippen molar-refractivity contribution in [3.63, 3.8) is 0 Å². The second-order valence-electron chi connectivity index (χ2n) is 7.19. The van der Waals surface area contributed by atoms with Crippen LogP contribution in [0.2, 0.25) is 0 Å². The fourth-order valence-corrected chi connectivity index (χ4v) is 4.46. The van der Waals surface area contributed by atoms with E-state index >= 15 is 0 Å². The Morgan fingerprint density at radius 3 is 2.52 bits per heavy atom. The van der Waals surface area contributed by atoms with Gasteiger partial charge in [-0.15, -0.1) is 11.3 Å². The second kappa shape index (κ2) is 9.32. The van der Waals surface area contributed by atoms with Crippen molar-refractivity contribution in [3.05, 3.63) is 64.1 Å². The highest BCUT2D eigenvalue weighted by Gasteiger charge is 2.13. The van der Waals surface area contributed by atoms with Crippen LogP contribution >= 0.6 is 11.3 Å². The number of anilines is 1. The molecule has 0 saturated heterocycles. The van der Waals surface area contributed by atoms with Crippen molar-refractivity contribution in [3.8, 4) is 22.6 Å². The first-order chi connectivity index (χ1) is 15.1. The monoisotopic (exact) mass is 434 g/mol. The third kappa shape index (κ3) is 4.47.